The van der Waals surface area contributed by atoms with Crippen LogP contribution in [0.4, 0.5) is 0 Å². The highest BCUT2D eigenvalue weighted by atomic mass is 32.2. The van der Waals surface area contributed by atoms with Crippen LogP contribution >= 0.6 is 24.4 Å². The van der Waals surface area contributed by atoms with E-state index in [9.17, 15) is 0 Å². The quantitative estimate of drug-likeness (QED) is 0.380. The Morgan fingerprint density at radius 3 is 2.11 bits per heavy atom. The zero-order chi connectivity index (χ0) is 18.5. The van der Waals surface area contributed by atoms with Crippen molar-refractivity contribution in [2.75, 3.05) is 5.75 Å². The number of hydrogen-bond donors (Lipinski definition) is 1. The van der Waals surface area contributed by atoms with Crippen molar-refractivity contribution in [3.05, 3.63) is 66.5 Å². The summed E-state index contributed by atoms with van der Waals surface area (Å²) in [4.78, 5) is 0. The van der Waals surface area contributed by atoms with Gasteiger partial charge in [-0.25, -0.2) is 0 Å². The van der Waals surface area contributed by atoms with E-state index in [0.29, 0.717) is 5.82 Å². The molecule has 2 aromatic heterocycles. The number of para-hydroxylation sites is 2. The van der Waals surface area contributed by atoms with Crippen LogP contribution in [0.1, 0.15) is 17.5 Å². The van der Waals surface area contributed by atoms with Crippen LogP contribution in [0.25, 0.3) is 11.4 Å². The molecule has 0 bridgehead atoms. The Kier molecular flexibility index (Phi) is 5.45. The molecule has 0 saturated carbocycles. The molecule has 2 heterocycles. The average molecular weight is 397 g/mol. The maximum absolute atomic E-state index is 4.70. The average Bonchev–Trinajstić information content (AvgIpc) is 3.39. The second-order valence-electron chi connectivity index (χ2n) is 5.65. The van der Waals surface area contributed by atoms with Crippen molar-refractivity contribution in [3.8, 4) is 11.4 Å². The van der Waals surface area contributed by atoms with Gasteiger partial charge in [0.1, 0.15) is 0 Å². The van der Waals surface area contributed by atoms with E-state index < -0.39 is 0 Å². The molecule has 0 spiro atoms. The second-order valence-corrected chi connectivity index (χ2v) is 7.33. The van der Waals surface area contributed by atoms with Crippen LogP contribution in [-0.4, -0.2) is 46.2 Å². The first-order valence-electron chi connectivity index (χ1n) is 8.31. The van der Waals surface area contributed by atoms with Gasteiger partial charge in [0, 0.05) is 5.75 Å². The summed E-state index contributed by atoms with van der Waals surface area (Å²) in [7, 11) is 0. The number of thiol groups is 1. The van der Waals surface area contributed by atoms with E-state index in [1.165, 1.54) is 0 Å². The maximum Gasteiger partial charge on any atom is 0.214 e. The number of aromatic nitrogens is 8. The Morgan fingerprint density at radius 2 is 1.41 bits per heavy atom. The Morgan fingerprint density at radius 1 is 0.815 bits per heavy atom. The topological polar surface area (TPSA) is 87.2 Å². The largest absolute Gasteiger partial charge is 0.214 e. The van der Waals surface area contributed by atoms with Crippen LogP contribution in [0.2, 0.25) is 0 Å². The van der Waals surface area contributed by atoms with Crippen LogP contribution in [0.3, 0.4) is 0 Å². The monoisotopic (exact) mass is 396 g/mol. The third-order valence-electron chi connectivity index (χ3n) is 3.86. The molecule has 0 aliphatic heterocycles. The summed E-state index contributed by atoms with van der Waals surface area (Å²) in [5.74, 6) is 1.50. The van der Waals surface area contributed by atoms with Gasteiger partial charge in [-0.15, -0.1) is 10.2 Å². The number of tetrazole rings is 2. The van der Waals surface area contributed by atoms with Crippen LogP contribution in [0, 0.1) is 0 Å². The molecule has 0 aliphatic rings. The van der Waals surface area contributed by atoms with Crippen molar-refractivity contribution < 1.29 is 0 Å². The van der Waals surface area contributed by atoms with E-state index in [1.54, 1.807) is 21.1 Å². The smallest absolute Gasteiger partial charge is 0.196 e. The minimum Gasteiger partial charge on any atom is -0.196 e. The van der Waals surface area contributed by atoms with E-state index in [2.05, 4.69) is 31.1 Å². The molecular formula is C17H16N8S2. The van der Waals surface area contributed by atoms with Crippen LogP contribution in [0.5, 0.6) is 0 Å². The Labute approximate surface area is 165 Å². The fourth-order valence-electron chi connectivity index (χ4n) is 2.55. The minimum atomic E-state index is -0.103. The molecule has 1 atom stereocenters. The summed E-state index contributed by atoms with van der Waals surface area (Å²) in [5, 5.41) is 24.6. The highest BCUT2D eigenvalue weighted by Gasteiger charge is 2.17. The molecule has 0 radical (unpaired) electrons. The molecule has 10 heteroatoms. The van der Waals surface area contributed by atoms with Gasteiger partial charge < -0.3 is 0 Å². The summed E-state index contributed by atoms with van der Waals surface area (Å²) in [5.41, 5.74) is 1.85. The molecule has 0 N–H and O–H groups in total. The van der Waals surface area contributed by atoms with Gasteiger partial charge >= 0.3 is 0 Å². The molecule has 2 aromatic carbocycles. The lowest BCUT2D eigenvalue weighted by Crippen LogP contribution is -2.06. The highest BCUT2D eigenvalue weighted by molar-refractivity contribution is 7.99. The molecule has 4 rings (SSSR count). The lowest BCUT2D eigenvalue weighted by atomic mass is 10.3. The first-order chi connectivity index (χ1) is 13.3. The zero-order valence-corrected chi connectivity index (χ0v) is 15.9. The molecule has 1 unspecified atom stereocenters. The molecule has 27 heavy (non-hydrogen) atoms. The van der Waals surface area contributed by atoms with Crippen molar-refractivity contribution in [2.45, 2.75) is 16.8 Å². The number of benzene rings is 2. The fraction of sp³-hybridized carbons (Fsp3) is 0.176. The molecular weight excluding hydrogens is 380 g/mol. The Balaban J connectivity index is 1.41. The third kappa shape index (κ3) is 4.01. The van der Waals surface area contributed by atoms with E-state index >= 15 is 0 Å². The van der Waals surface area contributed by atoms with Gasteiger partial charge in [-0.3, -0.25) is 0 Å². The number of rotatable bonds is 7. The van der Waals surface area contributed by atoms with Gasteiger partial charge in [-0.2, -0.15) is 22.0 Å². The lowest BCUT2D eigenvalue weighted by molar-refractivity contribution is 0.738. The summed E-state index contributed by atoms with van der Waals surface area (Å²) in [6.45, 7) is 0. The first-order valence-corrected chi connectivity index (χ1v) is 9.81. The summed E-state index contributed by atoms with van der Waals surface area (Å²) < 4.78 is 3.45. The van der Waals surface area contributed by atoms with Crippen LogP contribution in [0.15, 0.2) is 65.8 Å². The maximum atomic E-state index is 4.70. The Bertz CT molecular complexity index is 986. The molecule has 0 aliphatic carbocycles. The fourth-order valence-corrected chi connectivity index (χ4v) is 3.91. The summed E-state index contributed by atoms with van der Waals surface area (Å²) in [6, 6.07) is 19.6. The van der Waals surface area contributed by atoms with Crippen LogP contribution in [-0.2, 0) is 0 Å². The molecule has 8 nitrogen and oxygen atoms in total. The van der Waals surface area contributed by atoms with Crippen molar-refractivity contribution in [2.24, 2.45) is 0 Å². The number of nitrogens with zero attached hydrogens (tertiary/aromatic N) is 8. The van der Waals surface area contributed by atoms with E-state index in [4.69, 9.17) is 12.6 Å². The van der Waals surface area contributed by atoms with E-state index in [-0.39, 0.29) is 5.25 Å². The second kappa shape index (κ2) is 8.31. The lowest BCUT2D eigenvalue weighted by Gasteiger charge is -2.10. The van der Waals surface area contributed by atoms with Gasteiger partial charge in [-0.1, -0.05) is 48.2 Å². The van der Waals surface area contributed by atoms with Gasteiger partial charge in [0.15, 0.2) is 5.82 Å². The summed E-state index contributed by atoms with van der Waals surface area (Å²) >= 11 is 6.27. The molecule has 0 amide bonds. The SMILES string of the molecule is SC(CCSc1nnnn1-c1ccccc1)c1nnnn1-c1ccccc1. The normalized spacial score (nSPS) is 12.2. The van der Waals surface area contributed by atoms with Crippen molar-refractivity contribution in [1.82, 2.24) is 40.4 Å². The summed E-state index contributed by atoms with van der Waals surface area (Å²) in [6.07, 6.45) is 0.767. The van der Waals surface area contributed by atoms with Crippen LogP contribution < -0.4 is 0 Å². The van der Waals surface area contributed by atoms with Gasteiger partial charge in [0.05, 0.1) is 16.6 Å². The Hall–Kier alpha value is -2.72. The standard InChI is InChI=1S/C17H16N8S2/c26-15(16-18-20-22-24(16)13-7-3-1-4-8-13)11-12-27-17-19-21-23-25(17)14-9-5-2-6-10-14/h1-10,15,26H,11-12H2. The van der Waals surface area contributed by atoms with Crippen molar-refractivity contribution in [1.29, 1.82) is 0 Å². The molecule has 0 fully saturated rings. The van der Waals surface area contributed by atoms with Gasteiger partial charge in [-0.05, 0) is 51.5 Å². The predicted molar refractivity (Wildman–Crippen MR) is 105 cm³/mol. The first kappa shape index (κ1) is 17.7. The highest BCUT2D eigenvalue weighted by Crippen LogP contribution is 2.27. The van der Waals surface area contributed by atoms with Gasteiger partial charge in [0.2, 0.25) is 5.16 Å². The molecule has 136 valence electrons. The number of hydrogen-bond acceptors (Lipinski definition) is 8. The molecule has 4 aromatic rings. The third-order valence-corrected chi connectivity index (χ3v) is 5.30. The predicted octanol–water partition coefficient (Wildman–Crippen LogP) is 2.79. The van der Waals surface area contributed by atoms with Gasteiger partial charge in [0.25, 0.3) is 0 Å². The van der Waals surface area contributed by atoms with E-state index in [0.717, 1.165) is 28.7 Å². The molecule has 0 saturated heterocycles. The zero-order valence-electron chi connectivity index (χ0n) is 14.2. The van der Waals surface area contributed by atoms with E-state index in [1.807, 2.05) is 60.7 Å². The number of thioether (sulfide) groups is 1. The van der Waals surface area contributed by atoms with Crippen molar-refractivity contribution in [3.63, 3.8) is 0 Å². The minimum absolute atomic E-state index is 0.103. The van der Waals surface area contributed by atoms with Crippen molar-refractivity contribution >= 4 is 24.4 Å².